The van der Waals surface area contributed by atoms with E-state index >= 15 is 0 Å². The van der Waals surface area contributed by atoms with Crippen LogP contribution in [0.1, 0.15) is 38.8 Å². The van der Waals surface area contributed by atoms with Crippen LogP contribution in [0.5, 0.6) is 0 Å². The van der Waals surface area contributed by atoms with Crippen molar-refractivity contribution in [3.05, 3.63) is 35.4 Å². The minimum atomic E-state index is -0.537. The normalized spacial score (nSPS) is 11.1. The SMILES string of the molecule is CC(=O)C(=O)NCc1ccc(C(C)(C)C)cc1. The van der Waals surface area contributed by atoms with Crippen LogP contribution < -0.4 is 5.32 Å². The minimum Gasteiger partial charge on any atom is -0.345 e. The van der Waals surface area contributed by atoms with Crippen LogP contribution in [-0.4, -0.2) is 11.7 Å². The van der Waals surface area contributed by atoms with Gasteiger partial charge >= 0.3 is 0 Å². The van der Waals surface area contributed by atoms with Gasteiger partial charge in [-0.05, 0) is 16.5 Å². The van der Waals surface area contributed by atoms with Crippen molar-refractivity contribution in [2.45, 2.75) is 39.7 Å². The van der Waals surface area contributed by atoms with E-state index < -0.39 is 11.7 Å². The molecule has 0 aromatic heterocycles. The van der Waals surface area contributed by atoms with Crippen LogP contribution in [0.3, 0.4) is 0 Å². The Morgan fingerprint density at radius 2 is 1.65 bits per heavy atom. The van der Waals surface area contributed by atoms with Gasteiger partial charge < -0.3 is 5.32 Å². The van der Waals surface area contributed by atoms with Gasteiger partial charge in [0.1, 0.15) is 0 Å². The Morgan fingerprint density at radius 3 is 2.06 bits per heavy atom. The third-order valence-corrected chi connectivity index (χ3v) is 2.59. The highest BCUT2D eigenvalue weighted by atomic mass is 16.2. The third kappa shape index (κ3) is 4.02. The summed E-state index contributed by atoms with van der Waals surface area (Å²) in [4.78, 5) is 21.8. The lowest BCUT2D eigenvalue weighted by atomic mass is 9.87. The van der Waals surface area contributed by atoms with Crippen molar-refractivity contribution >= 4 is 11.7 Å². The Hall–Kier alpha value is -1.64. The largest absolute Gasteiger partial charge is 0.345 e. The smallest absolute Gasteiger partial charge is 0.287 e. The van der Waals surface area contributed by atoms with Gasteiger partial charge in [-0.1, -0.05) is 45.0 Å². The maximum Gasteiger partial charge on any atom is 0.287 e. The molecule has 0 aliphatic heterocycles. The highest BCUT2D eigenvalue weighted by Crippen LogP contribution is 2.21. The van der Waals surface area contributed by atoms with E-state index in [9.17, 15) is 9.59 Å². The molecule has 1 aromatic carbocycles. The lowest BCUT2D eigenvalue weighted by molar-refractivity contribution is -0.136. The average Bonchev–Trinajstić information content (AvgIpc) is 2.25. The van der Waals surface area contributed by atoms with Gasteiger partial charge in [0.2, 0.25) is 5.78 Å². The fourth-order valence-electron chi connectivity index (χ4n) is 1.43. The van der Waals surface area contributed by atoms with Gasteiger partial charge in [-0.2, -0.15) is 0 Å². The summed E-state index contributed by atoms with van der Waals surface area (Å²) < 4.78 is 0. The van der Waals surface area contributed by atoms with E-state index in [2.05, 4.69) is 38.2 Å². The van der Waals surface area contributed by atoms with Gasteiger partial charge in [-0.25, -0.2) is 0 Å². The van der Waals surface area contributed by atoms with Gasteiger partial charge in [0.05, 0.1) is 0 Å². The molecule has 0 unspecified atom stereocenters. The van der Waals surface area contributed by atoms with Crippen LogP contribution in [0, 0.1) is 0 Å². The molecule has 0 spiro atoms. The molecule has 0 bridgehead atoms. The molecule has 0 aliphatic carbocycles. The maximum absolute atomic E-state index is 11.1. The van der Waals surface area contributed by atoms with Crippen molar-refractivity contribution in [1.29, 1.82) is 0 Å². The number of amides is 1. The molecule has 1 N–H and O–H groups in total. The second-order valence-corrected chi connectivity index (χ2v) is 5.19. The summed E-state index contributed by atoms with van der Waals surface area (Å²) >= 11 is 0. The minimum absolute atomic E-state index is 0.126. The van der Waals surface area contributed by atoms with Crippen LogP contribution in [0.2, 0.25) is 0 Å². The molecule has 0 heterocycles. The summed E-state index contributed by atoms with van der Waals surface area (Å²) in [5, 5.41) is 2.57. The molecule has 0 atom stereocenters. The number of benzene rings is 1. The molecule has 1 aromatic rings. The molecule has 0 saturated heterocycles. The second-order valence-electron chi connectivity index (χ2n) is 5.19. The van der Waals surface area contributed by atoms with Gasteiger partial charge in [0.15, 0.2) is 0 Å². The fraction of sp³-hybridized carbons (Fsp3) is 0.429. The molecule has 3 heteroatoms. The average molecular weight is 233 g/mol. The van der Waals surface area contributed by atoms with E-state index in [1.807, 2.05) is 12.1 Å². The van der Waals surface area contributed by atoms with E-state index in [0.29, 0.717) is 6.54 Å². The van der Waals surface area contributed by atoms with Crippen molar-refractivity contribution in [3.8, 4) is 0 Å². The fourth-order valence-corrected chi connectivity index (χ4v) is 1.43. The molecule has 17 heavy (non-hydrogen) atoms. The quantitative estimate of drug-likeness (QED) is 0.813. The number of hydrogen-bond acceptors (Lipinski definition) is 2. The van der Waals surface area contributed by atoms with Crippen molar-refractivity contribution in [3.63, 3.8) is 0 Å². The molecular weight excluding hydrogens is 214 g/mol. The van der Waals surface area contributed by atoms with Crippen molar-refractivity contribution < 1.29 is 9.59 Å². The number of hydrogen-bond donors (Lipinski definition) is 1. The molecular formula is C14H19NO2. The van der Waals surface area contributed by atoms with Crippen molar-refractivity contribution in [1.82, 2.24) is 5.32 Å². The van der Waals surface area contributed by atoms with Crippen LogP contribution >= 0.6 is 0 Å². The van der Waals surface area contributed by atoms with E-state index in [1.54, 1.807) is 0 Å². The first-order valence-corrected chi connectivity index (χ1v) is 5.69. The second kappa shape index (κ2) is 5.13. The first kappa shape index (κ1) is 13.4. The molecule has 0 aliphatic rings. The molecule has 0 radical (unpaired) electrons. The van der Waals surface area contributed by atoms with Crippen molar-refractivity contribution in [2.75, 3.05) is 0 Å². The predicted octanol–water partition coefficient (Wildman–Crippen LogP) is 2.19. The molecule has 1 amide bonds. The predicted molar refractivity (Wildman–Crippen MR) is 67.7 cm³/mol. The number of carbonyl (C=O) groups excluding carboxylic acids is 2. The maximum atomic E-state index is 11.1. The summed E-state index contributed by atoms with van der Waals surface area (Å²) in [7, 11) is 0. The van der Waals surface area contributed by atoms with Gasteiger partial charge in [0, 0.05) is 13.5 Å². The highest BCUT2D eigenvalue weighted by Gasteiger charge is 2.13. The number of Topliss-reactive ketones (excluding diaryl/α,β-unsaturated/α-hetero) is 1. The van der Waals surface area contributed by atoms with Crippen LogP contribution in [0.15, 0.2) is 24.3 Å². The first-order chi connectivity index (χ1) is 7.80. The summed E-state index contributed by atoms with van der Waals surface area (Å²) in [5.74, 6) is -0.999. The standard InChI is InChI=1S/C14H19NO2/c1-10(16)13(17)15-9-11-5-7-12(8-6-11)14(2,3)4/h5-8H,9H2,1-4H3,(H,15,17). The monoisotopic (exact) mass is 233 g/mol. The van der Waals surface area contributed by atoms with Crippen LogP contribution in [-0.2, 0) is 21.5 Å². The first-order valence-electron chi connectivity index (χ1n) is 5.69. The molecule has 92 valence electrons. The Balaban J connectivity index is 2.63. The van der Waals surface area contributed by atoms with Gasteiger partial charge in [-0.15, -0.1) is 0 Å². The van der Waals surface area contributed by atoms with Crippen LogP contribution in [0.4, 0.5) is 0 Å². The van der Waals surface area contributed by atoms with Crippen molar-refractivity contribution in [2.24, 2.45) is 0 Å². The van der Waals surface area contributed by atoms with E-state index in [-0.39, 0.29) is 5.41 Å². The summed E-state index contributed by atoms with van der Waals surface area (Å²) in [6.07, 6.45) is 0. The zero-order valence-corrected chi connectivity index (χ0v) is 10.8. The topological polar surface area (TPSA) is 46.2 Å². The Morgan fingerprint density at radius 1 is 1.12 bits per heavy atom. The Labute approximate surface area is 102 Å². The van der Waals surface area contributed by atoms with Gasteiger partial charge in [0.25, 0.3) is 5.91 Å². The molecule has 0 fully saturated rings. The lowest BCUT2D eigenvalue weighted by Crippen LogP contribution is -2.28. The third-order valence-electron chi connectivity index (χ3n) is 2.59. The Bertz CT molecular complexity index is 413. The molecule has 1 rings (SSSR count). The molecule has 3 nitrogen and oxygen atoms in total. The zero-order chi connectivity index (χ0) is 13.1. The summed E-state index contributed by atoms with van der Waals surface area (Å²) in [6.45, 7) is 8.11. The Kier molecular flexibility index (Phi) is 4.05. The number of rotatable bonds is 3. The highest BCUT2D eigenvalue weighted by molar-refractivity contribution is 6.35. The summed E-state index contributed by atoms with van der Waals surface area (Å²) in [6, 6.07) is 8.05. The summed E-state index contributed by atoms with van der Waals surface area (Å²) in [5.41, 5.74) is 2.37. The van der Waals surface area contributed by atoms with Gasteiger partial charge in [-0.3, -0.25) is 9.59 Å². The number of carbonyl (C=O) groups is 2. The van der Waals surface area contributed by atoms with E-state index in [4.69, 9.17) is 0 Å². The number of nitrogens with one attached hydrogen (secondary N) is 1. The van der Waals surface area contributed by atoms with E-state index in [1.165, 1.54) is 12.5 Å². The van der Waals surface area contributed by atoms with E-state index in [0.717, 1.165) is 5.56 Å². The molecule has 0 saturated carbocycles. The zero-order valence-electron chi connectivity index (χ0n) is 10.8. The van der Waals surface area contributed by atoms with Crippen LogP contribution in [0.25, 0.3) is 0 Å². The lowest BCUT2D eigenvalue weighted by Gasteiger charge is -2.19. The number of ketones is 1.